The molecule has 0 saturated heterocycles. The smallest absolute Gasteiger partial charge is 0.122 e. The van der Waals surface area contributed by atoms with Crippen molar-refractivity contribution < 1.29 is 14.2 Å². The van der Waals surface area contributed by atoms with Crippen LogP contribution < -0.4 is 14.2 Å². The van der Waals surface area contributed by atoms with Crippen LogP contribution in [0.2, 0.25) is 0 Å². The molecule has 0 bridgehead atoms. The van der Waals surface area contributed by atoms with Crippen LogP contribution in [0.5, 0.6) is 17.2 Å². The van der Waals surface area contributed by atoms with E-state index < -0.39 is 0 Å². The van der Waals surface area contributed by atoms with Gasteiger partial charge >= 0.3 is 0 Å². The molecule has 0 saturated carbocycles. The van der Waals surface area contributed by atoms with Crippen molar-refractivity contribution in [3.63, 3.8) is 0 Å². The van der Waals surface area contributed by atoms with Crippen molar-refractivity contribution >= 4 is 0 Å². The number of aryl methyl sites for hydroxylation is 1. The fourth-order valence-corrected chi connectivity index (χ4v) is 1.97. The van der Waals surface area contributed by atoms with Crippen molar-refractivity contribution in [1.29, 1.82) is 0 Å². The summed E-state index contributed by atoms with van der Waals surface area (Å²) in [5, 5.41) is 0. The largest absolute Gasteiger partial charge is 0.494 e. The Hall–Kier alpha value is -2.16. The van der Waals surface area contributed by atoms with Crippen LogP contribution in [-0.4, -0.2) is 19.8 Å². The molecule has 0 N–H and O–H groups in total. The molecular formula is C18H22O3. The zero-order valence-corrected chi connectivity index (χ0v) is 12.7. The van der Waals surface area contributed by atoms with Crippen molar-refractivity contribution in [3.05, 3.63) is 54.1 Å². The summed E-state index contributed by atoms with van der Waals surface area (Å²) in [6.45, 7) is 5.95. The van der Waals surface area contributed by atoms with Gasteiger partial charge in [-0.05, 0) is 37.6 Å². The van der Waals surface area contributed by atoms with Gasteiger partial charge in [0, 0.05) is 12.5 Å². The normalized spacial score (nSPS) is 10.2. The van der Waals surface area contributed by atoms with Crippen LogP contribution in [0.15, 0.2) is 48.5 Å². The summed E-state index contributed by atoms with van der Waals surface area (Å²) in [4.78, 5) is 0. The molecule has 112 valence electrons. The lowest BCUT2D eigenvalue weighted by atomic mass is 10.2. The first kappa shape index (κ1) is 15.2. The van der Waals surface area contributed by atoms with Crippen LogP contribution in [-0.2, 0) is 0 Å². The van der Waals surface area contributed by atoms with Crippen molar-refractivity contribution in [3.8, 4) is 17.2 Å². The molecule has 2 aromatic carbocycles. The lowest BCUT2D eigenvalue weighted by Gasteiger charge is -2.10. The summed E-state index contributed by atoms with van der Waals surface area (Å²) in [6, 6.07) is 15.7. The van der Waals surface area contributed by atoms with E-state index in [0.717, 1.165) is 29.2 Å². The van der Waals surface area contributed by atoms with Gasteiger partial charge in [-0.3, -0.25) is 0 Å². The predicted octanol–water partition coefficient (Wildman–Crippen LogP) is 4.24. The fourth-order valence-electron chi connectivity index (χ4n) is 1.97. The molecule has 0 amide bonds. The molecule has 0 atom stereocenters. The van der Waals surface area contributed by atoms with Crippen LogP contribution in [0.3, 0.4) is 0 Å². The quantitative estimate of drug-likeness (QED) is 0.679. The zero-order valence-electron chi connectivity index (χ0n) is 12.7. The minimum Gasteiger partial charge on any atom is -0.494 e. The standard InChI is InChI=1S/C18H22O3/c1-3-19-16-9-6-10-17(14-16)20-12-7-13-21-18-11-5-4-8-15(18)2/h4-6,8-11,14H,3,7,12-13H2,1-2H3. The van der Waals surface area contributed by atoms with Gasteiger partial charge in [0.05, 0.1) is 19.8 Å². The number of benzene rings is 2. The molecule has 3 heteroatoms. The summed E-state index contributed by atoms with van der Waals surface area (Å²) in [7, 11) is 0. The molecule has 0 aromatic heterocycles. The van der Waals surface area contributed by atoms with Crippen molar-refractivity contribution in [2.75, 3.05) is 19.8 Å². The highest BCUT2D eigenvalue weighted by Gasteiger charge is 1.99. The van der Waals surface area contributed by atoms with Crippen LogP contribution in [0, 0.1) is 6.92 Å². The number of hydrogen-bond acceptors (Lipinski definition) is 3. The van der Waals surface area contributed by atoms with E-state index in [2.05, 4.69) is 0 Å². The van der Waals surface area contributed by atoms with E-state index in [4.69, 9.17) is 14.2 Å². The Morgan fingerprint density at radius 1 is 0.810 bits per heavy atom. The number of hydrogen-bond donors (Lipinski definition) is 0. The molecule has 21 heavy (non-hydrogen) atoms. The topological polar surface area (TPSA) is 27.7 Å². The van der Waals surface area contributed by atoms with Gasteiger partial charge in [-0.2, -0.15) is 0 Å². The second-order valence-electron chi connectivity index (χ2n) is 4.72. The van der Waals surface area contributed by atoms with E-state index >= 15 is 0 Å². The van der Waals surface area contributed by atoms with E-state index in [1.165, 1.54) is 0 Å². The van der Waals surface area contributed by atoms with Gasteiger partial charge in [-0.1, -0.05) is 24.3 Å². The van der Waals surface area contributed by atoms with Crippen LogP contribution in [0.4, 0.5) is 0 Å². The molecule has 3 nitrogen and oxygen atoms in total. The van der Waals surface area contributed by atoms with E-state index in [-0.39, 0.29) is 0 Å². The van der Waals surface area contributed by atoms with Crippen LogP contribution >= 0.6 is 0 Å². The third-order valence-electron chi connectivity index (χ3n) is 3.03. The molecule has 0 heterocycles. The molecular weight excluding hydrogens is 264 g/mol. The summed E-state index contributed by atoms with van der Waals surface area (Å²) in [5.41, 5.74) is 1.16. The first-order valence-corrected chi connectivity index (χ1v) is 7.33. The summed E-state index contributed by atoms with van der Waals surface area (Å²) >= 11 is 0. The monoisotopic (exact) mass is 286 g/mol. The Balaban J connectivity index is 1.70. The summed E-state index contributed by atoms with van der Waals surface area (Å²) < 4.78 is 16.9. The highest BCUT2D eigenvalue weighted by molar-refractivity contribution is 5.33. The summed E-state index contributed by atoms with van der Waals surface area (Å²) in [5.74, 6) is 2.61. The lowest BCUT2D eigenvalue weighted by molar-refractivity contribution is 0.245. The highest BCUT2D eigenvalue weighted by atomic mass is 16.5. The fraction of sp³-hybridized carbons (Fsp3) is 0.333. The van der Waals surface area contributed by atoms with Gasteiger partial charge in [-0.15, -0.1) is 0 Å². The second-order valence-corrected chi connectivity index (χ2v) is 4.72. The van der Waals surface area contributed by atoms with Crippen LogP contribution in [0.25, 0.3) is 0 Å². The van der Waals surface area contributed by atoms with Gasteiger partial charge in [0.2, 0.25) is 0 Å². The first-order valence-electron chi connectivity index (χ1n) is 7.33. The molecule has 0 spiro atoms. The van der Waals surface area contributed by atoms with Crippen molar-refractivity contribution in [2.45, 2.75) is 20.3 Å². The number of para-hydroxylation sites is 1. The van der Waals surface area contributed by atoms with Gasteiger partial charge in [0.25, 0.3) is 0 Å². The average molecular weight is 286 g/mol. The Kier molecular flexibility index (Phi) is 5.95. The van der Waals surface area contributed by atoms with Gasteiger partial charge in [-0.25, -0.2) is 0 Å². The molecule has 0 aliphatic heterocycles. The number of ether oxygens (including phenoxy) is 3. The van der Waals surface area contributed by atoms with Gasteiger partial charge in [0.15, 0.2) is 0 Å². The first-order chi connectivity index (χ1) is 10.3. The van der Waals surface area contributed by atoms with E-state index in [0.29, 0.717) is 19.8 Å². The second kappa shape index (κ2) is 8.20. The van der Waals surface area contributed by atoms with E-state index in [1.807, 2.05) is 62.4 Å². The SMILES string of the molecule is CCOc1cccc(OCCCOc2ccccc2C)c1. The average Bonchev–Trinajstić information content (AvgIpc) is 2.49. The Morgan fingerprint density at radius 2 is 1.52 bits per heavy atom. The third kappa shape index (κ3) is 5.03. The molecule has 0 aliphatic carbocycles. The van der Waals surface area contributed by atoms with E-state index in [1.54, 1.807) is 0 Å². The summed E-state index contributed by atoms with van der Waals surface area (Å²) in [6.07, 6.45) is 0.840. The molecule has 0 fully saturated rings. The van der Waals surface area contributed by atoms with Gasteiger partial charge in [0.1, 0.15) is 17.2 Å². The third-order valence-corrected chi connectivity index (χ3v) is 3.03. The van der Waals surface area contributed by atoms with E-state index in [9.17, 15) is 0 Å². The van der Waals surface area contributed by atoms with Crippen LogP contribution in [0.1, 0.15) is 18.9 Å². The molecule has 2 aromatic rings. The minimum absolute atomic E-state index is 0.626. The Labute approximate surface area is 126 Å². The Morgan fingerprint density at radius 3 is 2.29 bits per heavy atom. The molecule has 0 unspecified atom stereocenters. The highest BCUT2D eigenvalue weighted by Crippen LogP contribution is 2.20. The number of rotatable bonds is 8. The molecule has 0 aliphatic rings. The van der Waals surface area contributed by atoms with Crippen molar-refractivity contribution in [1.82, 2.24) is 0 Å². The zero-order chi connectivity index (χ0) is 14.9. The maximum Gasteiger partial charge on any atom is 0.122 e. The minimum atomic E-state index is 0.626. The lowest BCUT2D eigenvalue weighted by Crippen LogP contribution is -2.05. The maximum absolute atomic E-state index is 5.73. The maximum atomic E-state index is 5.73. The van der Waals surface area contributed by atoms with Crippen molar-refractivity contribution in [2.24, 2.45) is 0 Å². The predicted molar refractivity (Wildman–Crippen MR) is 84.4 cm³/mol. The molecule has 0 radical (unpaired) electrons. The molecule has 2 rings (SSSR count). The Bertz CT molecular complexity index is 552. The van der Waals surface area contributed by atoms with Gasteiger partial charge < -0.3 is 14.2 Å².